The van der Waals surface area contributed by atoms with Crippen molar-refractivity contribution in [1.82, 2.24) is 15.2 Å². The minimum atomic E-state index is -0.204. The quantitative estimate of drug-likeness (QED) is 0.601. The van der Waals surface area contributed by atoms with Crippen molar-refractivity contribution in [1.29, 1.82) is 0 Å². The maximum atomic E-state index is 12.7. The lowest BCUT2D eigenvalue weighted by Gasteiger charge is -2.12. The Labute approximate surface area is 158 Å². The molecule has 1 aromatic heterocycles. The molecule has 0 atom stereocenters. The minimum Gasteiger partial charge on any atom is -0.375 e. The number of amides is 2. The molecule has 0 saturated carbocycles. The molecule has 0 aliphatic heterocycles. The van der Waals surface area contributed by atoms with Crippen molar-refractivity contribution >= 4 is 22.7 Å². The Kier molecular flexibility index (Phi) is 6.22. The summed E-state index contributed by atoms with van der Waals surface area (Å²) in [7, 11) is 1.47. The number of hydrogen-bond acceptors (Lipinski definition) is 3. The highest BCUT2D eigenvalue weighted by atomic mass is 16.5. The maximum Gasteiger partial charge on any atom is 0.268 e. The van der Waals surface area contributed by atoms with Gasteiger partial charge in [0.2, 0.25) is 5.91 Å². The molecule has 6 heteroatoms. The standard InChI is InChI=1S/C21H23N3O3/c1-27-15-20(25)22-11-12-23-21(26)19-13-17-9-5-6-10-18(17)24(19)14-16-7-3-2-4-8-16/h2-10,13H,11-12,14-15H2,1H3,(H,22,25)(H,23,26). The summed E-state index contributed by atoms with van der Waals surface area (Å²) in [5.41, 5.74) is 2.74. The van der Waals surface area contributed by atoms with Gasteiger partial charge in [-0.05, 0) is 17.7 Å². The third-order valence-corrected chi connectivity index (χ3v) is 4.23. The summed E-state index contributed by atoms with van der Waals surface area (Å²) in [6, 6.07) is 19.9. The van der Waals surface area contributed by atoms with Gasteiger partial charge in [-0.3, -0.25) is 9.59 Å². The number of carbonyl (C=O) groups excluding carboxylic acids is 2. The Bertz CT molecular complexity index is 919. The van der Waals surface area contributed by atoms with E-state index in [0.29, 0.717) is 25.3 Å². The van der Waals surface area contributed by atoms with E-state index in [-0.39, 0.29) is 18.4 Å². The molecule has 0 aliphatic rings. The maximum absolute atomic E-state index is 12.7. The smallest absolute Gasteiger partial charge is 0.268 e. The Morgan fingerprint density at radius 3 is 2.44 bits per heavy atom. The van der Waals surface area contributed by atoms with Crippen molar-refractivity contribution < 1.29 is 14.3 Å². The predicted octanol–water partition coefficient (Wildman–Crippen LogP) is 2.18. The number of nitrogens with one attached hydrogen (secondary N) is 2. The van der Waals surface area contributed by atoms with E-state index < -0.39 is 0 Å². The first-order chi connectivity index (χ1) is 13.2. The van der Waals surface area contributed by atoms with Crippen LogP contribution in [0.3, 0.4) is 0 Å². The van der Waals surface area contributed by atoms with Crippen LogP contribution >= 0.6 is 0 Å². The van der Waals surface area contributed by atoms with E-state index in [9.17, 15) is 9.59 Å². The summed E-state index contributed by atoms with van der Waals surface area (Å²) in [6.07, 6.45) is 0. The van der Waals surface area contributed by atoms with Gasteiger partial charge in [0.05, 0.1) is 0 Å². The molecule has 2 amide bonds. The average Bonchev–Trinajstić information content (AvgIpc) is 3.05. The Morgan fingerprint density at radius 1 is 0.963 bits per heavy atom. The molecule has 27 heavy (non-hydrogen) atoms. The van der Waals surface area contributed by atoms with E-state index in [1.54, 1.807) is 0 Å². The highest BCUT2D eigenvalue weighted by molar-refractivity contribution is 5.98. The van der Waals surface area contributed by atoms with E-state index in [2.05, 4.69) is 10.6 Å². The van der Waals surface area contributed by atoms with Crippen LogP contribution in [0.25, 0.3) is 10.9 Å². The van der Waals surface area contributed by atoms with Gasteiger partial charge in [-0.15, -0.1) is 0 Å². The van der Waals surface area contributed by atoms with Crippen LogP contribution in [-0.2, 0) is 16.1 Å². The van der Waals surface area contributed by atoms with E-state index in [0.717, 1.165) is 16.5 Å². The number of fused-ring (bicyclic) bond motifs is 1. The van der Waals surface area contributed by atoms with Gasteiger partial charge < -0.3 is 19.9 Å². The van der Waals surface area contributed by atoms with Crippen LogP contribution in [0.15, 0.2) is 60.7 Å². The molecule has 2 N–H and O–H groups in total. The van der Waals surface area contributed by atoms with E-state index in [1.165, 1.54) is 7.11 Å². The van der Waals surface area contributed by atoms with Crippen LogP contribution in [0.1, 0.15) is 16.1 Å². The second-order valence-corrected chi connectivity index (χ2v) is 6.20. The Hall–Kier alpha value is -3.12. The van der Waals surface area contributed by atoms with E-state index in [1.807, 2.05) is 65.2 Å². The molecule has 1 heterocycles. The zero-order valence-electron chi connectivity index (χ0n) is 15.3. The number of ether oxygens (including phenoxy) is 1. The van der Waals surface area contributed by atoms with E-state index >= 15 is 0 Å². The monoisotopic (exact) mass is 365 g/mol. The molecule has 0 spiro atoms. The first-order valence-electron chi connectivity index (χ1n) is 8.85. The van der Waals surface area contributed by atoms with Crippen molar-refractivity contribution in [2.24, 2.45) is 0 Å². The van der Waals surface area contributed by atoms with Crippen molar-refractivity contribution in [2.45, 2.75) is 6.54 Å². The summed E-state index contributed by atoms with van der Waals surface area (Å²) in [6.45, 7) is 1.33. The summed E-state index contributed by atoms with van der Waals surface area (Å²) in [4.78, 5) is 24.1. The molecule has 0 aliphatic carbocycles. The summed E-state index contributed by atoms with van der Waals surface area (Å²) in [5.74, 6) is -0.368. The molecule has 0 saturated heterocycles. The Morgan fingerprint density at radius 2 is 1.67 bits per heavy atom. The van der Waals surface area contributed by atoms with Gasteiger partial charge in [0, 0.05) is 37.6 Å². The van der Waals surface area contributed by atoms with Gasteiger partial charge in [0.15, 0.2) is 0 Å². The van der Waals surface area contributed by atoms with Crippen LogP contribution in [0, 0.1) is 0 Å². The highest BCUT2D eigenvalue weighted by Crippen LogP contribution is 2.21. The van der Waals surface area contributed by atoms with Gasteiger partial charge in [-0.2, -0.15) is 0 Å². The first kappa shape index (κ1) is 18.7. The summed E-state index contributed by atoms with van der Waals surface area (Å²) in [5, 5.41) is 6.57. The lowest BCUT2D eigenvalue weighted by Crippen LogP contribution is -2.36. The zero-order valence-corrected chi connectivity index (χ0v) is 15.3. The lowest BCUT2D eigenvalue weighted by atomic mass is 10.2. The second kappa shape index (κ2) is 9.00. The lowest BCUT2D eigenvalue weighted by molar-refractivity contribution is -0.124. The van der Waals surface area contributed by atoms with Gasteiger partial charge in [-0.25, -0.2) is 0 Å². The predicted molar refractivity (Wildman–Crippen MR) is 105 cm³/mol. The summed E-state index contributed by atoms with van der Waals surface area (Å²) < 4.78 is 6.77. The molecule has 3 aromatic rings. The number of rotatable bonds is 8. The third-order valence-electron chi connectivity index (χ3n) is 4.23. The molecule has 2 aromatic carbocycles. The van der Waals surface area contributed by atoms with Crippen molar-refractivity contribution in [3.63, 3.8) is 0 Å². The molecule has 140 valence electrons. The SMILES string of the molecule is COCC(=O)NCCNC(=O)c1cc2ccccc2n1Cc1ccccc1. The molecule has 0 fully saturated rings. The number of hydrogen-bond donors (Lipinski definition) is 2. The highest BCUT2D eigenvalue weighted by Gasteiger charge is 2.15. The van der Waals surface area contributed by atoms with Crippen LogP contribution in [-0.4, -0.2) is 43.2 Å². The van der Waals surface area contributed by atoms with Gasteiger partial charge in [0.1, 0.15) is 12.3 Å². The normalized spacial score (nSPS) is 10.7. The number of para-hydroxylation sites is 1. The number of aromatic nitrogens is 1. The van der Waals surface area contributed by atoms with Crippen LogP contribution < -0.4 is 10.6 Å². The van der Waals surface area contributed by atoms with Gasteiger partial charge >= 0.3 is 0 Å². The third kappa shape index (κ3) is 4.74. The van der Waals surface area contributed by atoms with E-state index in [4.69, 9.17) is 4.74 Å². The average molecular weight is 365 g/mol. The molecular formula is C21H23N3O3. The largest absolute Gasteiger partial charge is 0.375 e. The first-order valence-corrected chi connectivity index (χ1v) is 8.85. The number of carbonyl (C=O) groups is 2. The molecule has 6 nitrogen and oxygen atoms in total. The van der Waals surface area contributed by atoms with Crippen LogP contribution in [0.2, 0.25) is 0 Å². The fourth-order valence-electron chi connectivity index (χ4n) is 2.99. The molecule has 0 unspecified atom stereocenters. The molecule has 0 bridgehead atoms. The fourth-order valence-corrected chi connectivity index (χ4v) is 2.99. The van der Waals surface area contributed by atoms with Crippen molar-refractivity contribution in [2.75, 3.05) is 26.8 Å². The van der Waals surface area contributed by atoms with Gasteiger partial charge in [-0.1, -0.05) is 48.5 Å². The van der Waals surface area contributed by atoms with Gasteiger partial charge in [0.25, 0.3) is 5.91 Å². The molecule has 3 rings (SSSR count). The fraction of sp³-hybridized carbons (Fsp3) is 0.238. The Balaban J connectivity index is 1.74. The zero-order chi connectivity index (χ0) is 19.1. The van der Waals surface area contributed by atoms with Crippen molar-refractivity contribution in [3.05, 3.63) is 71.9 Å². The summed E-state index contributed by atoms with van der Waals surface area (Å²) >= 11 is 0. The van der Waals surface area contributed by atoms with Crippen LogP contribution in [0.4, 0.5) is 0 Å². The molecule has 0 radical (unpaired) electrons. The topological polar surface area (TPSA) is 72.4 Å². The second-order valence-electron chi connectivity index (χ2n) is 6.20. The molecular weight excluding hydrogens is 342 g/mol. The van der Waals surface area contributed by atoms with Crippen molar-refractivity contribution in [3.8, 4) is 0 Å². The number of nitrogens with zero attached hydrogens (tertiary/aromatic N) is 1. The van der Waals surface area contributed by atoms with Crippen LogP contribution in [0.5, 0.6) is 0 Å². The number of methoxy groups -OCH3 is 1. The minimum absolute atomic E-state index is 0.0132. The number of benzene rings is 2.